The fourth-order valence-electron chi connectivity index (χ4n) is 2.10. The first-order chi connectivity index (χ1) is 9.85. The molecule has 3 rings (SSSR count). The molecule has 0 aliphatic rings. The van der Waals surface area contributed by atoms with Crippen LogP contribution in [-0.2, 0) is 13.0 Å². The number of nitrogens with zero attached hydrogens (tertiary/aromatic N) is 3. The molecule has 20 heavy (non-hydrogen) atoms. The van der Waals surface area contributed by atoms with Gasteiger partial charge in [-0.2, -0.15) is 5.26 Å². The molecule has 3 nitrogen and oxygen atoms in total. The van der Waals surface area contributed by atoms with Gasteiger partial charge in [0.15, 0.2) is 0 Å². The number of imidazole rings is 1. The maximum absolute atomic E-state index is 8.81. The lowest BCUT2D eigenvalue weighted by molar-refractivity contribution is 0.743. The minimum atomic E-state index is 0.693. The molecule has 0 saturated heterocycles. The van der Waals surface area contributed by atoms with E-state index in [0.29, 0.717) is 5.56 Å². The molecule has 0 radical (unpaired) electrons. The van der Waals surface area contributed by atoms with E-state index in [-0.39, 0.29) is 0 Å². The van der Waals surface area contributed by atoms with Gasteiger partial charge in [-0.05, 0) is 29.1 Å². The standard InChI is InChI=1S/C16H13N3S/c17-11-13-3-5-14(6-4-13)12-19-8-7-18-16(19)10-15-2-1-9-20-15/h1-9H,10,12H2. The Morgan fingerprint density at radius 3 is 2.75 bits per heavy atom. The SMILES string of the molecule is N#Cc1ccc(Cn2ccnc2Cc2cccs2)cc1. The highest BCUT2D eigenvalue weighted by molar-refractivity contribution is 7.09. The van der Waals surface area contributed by atoms with Gasteiger partial charge in [-0.25, -0.2) is 4.98 Å². The Hall–Kier alpha value is -2.38. The van der Waals surface area contributed by atoms with Crippen molar-refractivity contribution < 1.29 is 0 Å². The van der Waals surface area contributed by atoms with Gasteiger partial charge < -0.3 is 4.57 Å². The third kappa shape index (κ3) is 2.79. The molecule has 0 aliphatic carbocycles. The maximum Gasteiger partial charge on any atom is 0.114 e. The van der Waals surface area contributed by atoms with E-state index < -0.39 is 0 Å². The largest absolute Gasteiger partial charge is 0.330 e. The van der Waals surface area contributed by atoms with Crippen molar-refractivity contribution in [1.29, 1.82) is 5.26 Å². The summed E-state index contributed by atoms with van der Waals surface area (Å²) in [6.45, 7) is 0.784. The summed E-state index contributed by atoms with van der Waals surface area (Å²) in [5.74, 6) is 1.07. The number of hydrogen-bond acceptors (Lipinski definition) is 3. The van der Waals surface area contributed by atoms with Gasteiger partial charge in [-0.1, -0.05) is 18.2 Å². The third-order valence-corrected chi connectivity index (χ3v) is 4.03. The molecule has 2 aromatic heterocycles. The van der Waals surface area contributed by atoms with Crippen LogP contribution in [0.15, 0.2) is 54.2 Å². The van der Waals surface area contributed by atoms with Gasteiger partial charge in [0, 0.05) is 30.2 Å². The van der Waals surface area contributed by atoms with Gasteiger partial charge in [0.25, 0.3) is 0 Å². The Morgan fingerprint density at radius 2 is 2.05 bits per heavy atom. The maximum atomic E-state index is 8.81. The van der Waals surface area contributed by atoms with Crippen LogP contribution in [-0.4, -0.2) is 9.55 Å². The van der Waals surface area contributed by atoms with Crippen LogP contribution in [0.4, 0.5) is 0 Å². The molecule has 0 atom stereocenters. The van der Waals surface area contributed by atoms with E-state index in [1.807, 2.05) is 36.7 Å². The average Bonchev–Trinajstić information content (AvgIpc) is 3.13. The average molecular weight is 279 g/mol. The molecule has 0 unspecified atom stereocenters. The van der Waals surface area contributed by atoms with Gasteiger partial charge in [-0.15, -0.1) is 11.3 Å². The van der Waals surface area contributed by atoms with E-state index in [1.54, 1.807) is 11.3 Å². The fraction of sp³-hybridized carbons (Fsp3) is 0.125. The zero-order valence-electron chi connectivity index (χ0n) is 10.9. The first-order valence-electron chi connectivity index (χ1n) is 6.36. The molecule has 0 aliphatic heterocycles. The smallest absolute Gasteiger partial charge is 0.114 e. The molecular formula is C16H13N3S. The van der Waals surface area contributed by atoms with Crippen molar-refractivity contribution in [2.45, 2.75) is 13.0 Å². The van der Waals surface area contributed by atoms with E-state index in [2.05, 4.69) is 33.1 Å². The normalized spacial score (nSPS) is 10.3. The second-order valence-corrected chi connectivity index (χ2v) is 5.57. The highest BCUT2D eigenvalue weighted by Gasteiger charge is 2.05. The number of nitriles is 1. The predicted molar refractivity (Wildman–Crippen MR) is 79.6 cm³/mol. The molecule has 0 saturated carbocycles. The monoisotopic (exact) mass is 279 g/mol. The summed E-state index contributed by atoms with van der Waals surface area (Å²) in [5, 5.41) is 10.9. The summed E-state index contributed by atoms with van der Waals surface area (Å²) < 4.78 is 2.15. The number of hydrogen-bond donors (Lipinski definition) is 0. The Bertz CT molecular complexity index is 718. The van der Waals surface area contributed by atoms with Crippen LogP contribution in [0, 0.1) is 11.3 Å². The summed E-state index contributed by atoms with van der Waals surface area (Å²) in [4.78, 5) is 5.76. The molecule has 1 aromatic carbocycles. The van der Waals surface area contributed by atoms with Crippen LogP contribution < -0.4 is 0 Å². The fourth-order valence-corrected chi connectivity index (χ4v) is 2.80. The minimum Gasteiger partial charge on any atom is -0.330 e. The zero-order valence-corrected chi connectivity index (χ0v) is 11.7. The predicted octanol–water partition coefficient (Wildman–Crippen LogP) is 3.46. The molecule has 0 fully saturated rings. The highest BCUT2D eigenvalue weighted by atomic mass is 32.1. The van der Waals surface area contributed by atoms with E-state index in [1.165, 1.54) is 10.4 Å². The van der Waals surface area contributed by atoms with Crippen molar-refractivity contribution in [2.75, 3.05) is 0 Å². The molecule has 4 heteroatoms. The van der Waals surface area contributed by atoms with Crippen LogP contribution in [0.1, 0.15) is 21.8 Å². The summed E-state index contributed by atoms with van der Waals surface area (Å²) >= 11 is 1.75. The molecule has 0 bridgehead atoms. The number of aromatic nitrogens is 2. The van der Waals surface area contributed by atoms with Crippen molar-refractivity contribution >= 4 is 11.3 Å². The van der Waals surface area contributed by atoms with Gasteiger partial charge in [0.05, 0.1) is 11.6 Å². The number of benzene rings is 1. The second-order valence-electron chi connectivity index (χ2n) is 4.54. The second kappa shape index (κ2) is 5.72. The Morgan fingerprint density at radius 1 is 1.20 bits per heavy atom. The van der Waals surface area contributed by atoms with Gasteiger partial charge in [0.1, 0.15) is 5.82 Å². The molecular weight excluding hydrogens is 266 g/mol. The van der Waals surface area contributed by atoms with E-state index >= 15 is 0 Å². The molecule has 0 spiro atoms. The first-order valence-corrected chi connectivity index (χ1v) is 7.24. The minimum absolute atomic E-state index is 0.693. The van der Waals surface area contributed by atoms with Gasteiger partial charge >= 0.3 is 0 Å². The van der Waals surface area contributed by atoms with Crippen LogP contribution in [0.2, 0.25) is 0 Å². The Labute approximate surface area is 121 Å². The van der Waals surface area contributed by atoms with Crippen molar-refractivity contribution in [2.24, 2.45) is 0 Å². The molecule has 0 amide bonds. The van der Waals surface area contributed by atoms with Gasteiger partial charge in [0.2, 0.25) is 0 Å². The topological polar surface area (TPSA) is 41.6 Å². The highest BCUT2D eigenvalue weighted by Crippen LogP contribution is 2.15. The van der Waals surface area contributed by atoms with Crippen LogP contribution in [0.25, 0.3) is 0 Å². The molecule has 2 heterocycles. The third-order valence-electron chi connectivity index (χ3n) is 3.15. The number of rotatable bonds is 4. The van der Waals surface area contributed by atoms with Gasteiger partial charge in [-0.3, -0.25) is 0 Å². The Balaban J connectivity index is 1.77. The number of thiophene rings is 1. The van der Waals surface area contributed by atoms with Crippen molar-refractivity contribution in [3.63, 3.8) is 0 Å². The lowest BCUT2D eigenvalue weighted by atomic mass is 10.1. The van der Waals surface area contributed by atoms with Crippen molar-refractivity contribution in [3.05, 3.63) is 76.0 Å². The summed E-state index contributed by atoms with van der Waals surface area (Å²) in [7, 11) is 0. The first kappa shape index (κ1) is 12.6. The summed E-state index contributed by atoms with van der Waals surface area (Å²) in [5.41, 5.74) is 1.87. The van der Waals surface area contributed by atoms with Crippen LogP contribution in [0.5, 0.6) is 0 Å². The molecule has 98 valence electrons. The summed E-state index contributed by atoms with van der Waals surface area (Å²) in [6.07, 6.45) is 4.70. The van der Waals surface area contributed by atoms with Crippen LogP contribution in [0.3, 0.4) is 0 Å². The van der Waals surface area contributed by atoms with E-state index in [9.17, 15) is 0 Å². The molecule has 3 aromatic rings. The zero-order chi connectivity index (χ0) is 13.8. The van der Waals surface area contributed by atoms with Crippen LogP contribution >= 0.6 is 11.3 Å². The van der Waals surface area contributed by atoms with E-state index in [4.69, 9.17) is 5.26 Å². The lowest BCUT2D eigenvalue weighted by Gasteiger charge is -2.07. The Kier molecular flexibility index (Phi) is 3.62. The quantitative estimate of drug-likeness (QED) is 0.734. The van der Waals surface area contributed by atoms with Crippen molar-refractivity contribution in [1.82, 2.24) is 9.55 Å². The summed E-state index contributed by atoms with van der Waals surface area (Å²) in [6, 6.07) is 14.0. The molecule has 0 N–H and O–H groups in total. The van der Waals surface area contributed by atoms with E-state index in [0.717, 1.165) is 18.8 Å². The lowest BCUT2D eigenvalue weighted by Crippen LogP contribution is -2.04. The van der Waals surface area contributed by atoms with Crippen molar-refractivity contribution in [3.8, 4) is 6.07 Å².